The molecule has 0 aliphatic heterocycles. The second-order valence-corrected chi connectivity index (χ2v) is 8.57. The number of aliphatic hydroxyl groups excluding tert-OH is 2. The van der Waals surface area contributed by atoms with Crippen molar-refractivity contribution in [3.63, 3.8) is 0 Å². The first-order chi connectivity index (χ1) is 11.0. The molecule has 2 unspecified atom stereocenters. The molecule has 148 valence electrons. The molecule has 0 rings (SSSR count). The highest BCUT2D eigenvalue weighted by Gasteiger charge is 2.47. The van der Waals surface area contributed by atoms with Gasteiger partial charge in [0.15, 0.2) is 11.6 Å². The van der Waals surface area contributed by atoms with Crippen LogP contribution in [-0.4, -0.2) is 63.3 Å². The summed E-state index contributed by atoms with van der Waals surface area (Å²) in [6.07, 6.45) is -0.717. The van der Waals surface area contributed by atoms with Crippen molar-refractivity contribution in [1.82, 2.24) is 5.32 Å². The van der Waals surface area contributed by atoms with Gasteiger partial charge < -0.3 is 26.0 Å². The van der Waals surface area contributed by atoms with Crippen LogP contribution in [0, 0.1) is 0 Å². The molecular formula is C18H36N2O5. The lowest BCUT2D eigenvalue weighted by Gasteiger charge is -2.41. The summed E-state index contributed by atoms with van der Waals surface area (Å²) in [5.41, 5.74) is 2.19. The van der Waals surface area contributed by atoms with Crippen molar-refractivity contribution < 1.29 is 24.5 Å². The van der Waals surface area contributed by atoms with Gasteiger partial charge in [-0.1, -0.05) is 0 Å². The van der Waals surface area contributed by atoms with Gasteiger partial charge in [-0.15, -0.1) is 0 Å². The van der Waals surface area contributed by atoms with Crippen LogP contribution in [0.25, 0.3) is 0 Å². The first kappa shape index (κ1) is 24.1. The quantitative estimate of drug-likeness (QED) is 0.424. The highest BCUT2D eigenvalue weighted by atomic mass is 16.5. The van der Waals surface area contributed by atoms with Crippen LogP contribution in [0.15, 0.2) is 0 Å². The van der Waals surface area contributed by atoms with Gasteiger partial charge in [0.05, 0.1) is 11.1 Å². The number of aliphatic hydroxyl groups is 2. The number of ketones is 2. The highest BCUT2D eigenvalue weighted by molar-refractivity contribution is 5.92. The minimum Gasteiger partial charge on any atom is -0.396 e. The lowest BCUT2D eigenvalue weighted by atomic mass is 9.79. The molecule has 7 heteroatoms. The van der Waals surface area contributed by atoms with Crippen LogP contribution in [0.5, 0.6) is 0 Å². The predicted molar refractivity (Wildman–Crippen MR) is 97.3 cm³/mol. The zero-order valence-electron chi connectivity index (χ0n) is 16.9. The molecule has 5 N–H and O–H groups in total. The van der Waals surface area contributed by atoms with Gasteiger partial charge in [0, 0.05) is 12.1 Å². The second kappa shape index (κ2) is 8.22. The number of carbonyl (C=O) groups is 2. The third-order valence-corrected chi connectivity index (χ3v) is 4.79. The van der Waals surface area contributed by atoms with Gasteiger partial charge in [-0.2, -0.15) is 0 Å². The molecular weight excluding hydrogens is 324 g/mol. The van der Waals surface area contributed by atoms with Crippen LogP contribution < -0.4 is 11.1 Å². The van der Waals surface area contributed by atoms with Crippen molar-refractivity contribution >= 4 is 11.6 Å². The molecule has 25 heavy (non-hydrogen) atoms. The lowest BCUT2D eigenvalue weighted by molar-refractivity contribution is -0.151. The number of nitrogens with two attached hydrogens (primary N) is 1. The van der Waals surface area contributed by atoms with Crippen molar-refractivity contribution in [2.75, 3.05) is 13.2 Å². The Morgan fingerprint density at radius 2 is 1.60 bits per heavy atom. The van der Waals surface area contributed by atoms with E-state index in [9.17, 15) is 14.7 Å². The number of carbonyl (C=O) groups excluding carboxylic acids is 2. The average molecular weight is 360 g/mol. The first-order valence-corrected chi connectivity index (χ1v) is 8.59. The molecule has 0 aliphatic rings. The van der Waals surface area contributed by atoms with Crippen molar-refractivity contribution in [3.8, 4) is 0 Å². The maximum absolute atomic E-state index is 12.6. The molecule has 2 atom stereocenters. The number of hydrogen-bond acceptors (Lipinski definition) is 7. The minimum absolute atomic E-state index is 0.0147. The molecule has 0 aromatic rings. The fraction of sp³-hybridized carbons (Fsp3) is 0.889. The molecule has 7 nitrogen and oxygen atoms in total. The molecule has 0 saturated heterocycles. The molecule has 0 aliphatic carbocycles. The summed E-state index contributed by atoms with van der Waals surface area (Å²) >= 11 is 0. The van der Waals surface area contributed by atoms with E-state index in [2.05, 4.69) is 5.32 Å². The first-order valence-electron chi connectivity index (χ1n) is 8.59. The molecule has 0 aromatic heterocycles. The Bertz CT molecular complexity index is 482. The standard InChI is InChI=1S/C18H36N2O5/c1-12(22)14(24)18(8,19)17(6,7)25-11-13(23)16(4,5)20-15(2,3)9-10-21/h12,20-22H,9-11,19H2,1-8H3. The number of hydrogen-bond donors (Lipinski definition) is 4. The Morgan fingerprint density at radius 3 is 2.00 bits per heavy atom. The van der Waals surface area contributed by atoms with Crippen molar-refractivity contribution in [1.29, 1.82) is 0 Å². The molecule has 0 spiro atoms. The summed E-state index contributed by atoms with van der Waals surface area (Å²) in [6, 6.07) is 0. The summed E-state index contributed by atoms with van der Waals surface area (Å²) in [5, 5.41) is 21.9. The maximum Gasteiger partial charge on any atom is 0.183 e. The third kappa shape index (κ3) is 6.42. The SMILES string of the molecule is CC(O)C(=O)C(C)(N)C(C)(C)OCC(=O)C(C)(C)NC(C)(C)CCO. The molecule has 0 heterocycles. The van der Waals surface area contributed by atoms with Gasteiger partial charge in [0.2, 0.25) is 0 Å². The summed E-state index contributed by atoms with van der Waals surface area (Å²) in [5.74, 6) is -0.752. The van der Waals surface area contributed by atoms with Crippen LogP contribution >= 0.6 is 0 Å². The predicted octanol–water partition coefficient (Wildman–Crippen LogP) is 0.547. The van der Waals surface area contributed by atoms with Gasteiger partial charge in [-0.05, 0) is 61.8 Å². The summed E-state index contributed by atoms with van der Waals surface area (Å²) in [7, 11) is 0. The number of nitrogens with one attached hydrogen (secondary N) is 1. The number of ether oxygens (including phenoxy) is 1. The number of Topliss-reactive ketones (excluding diaryl/α,β-unsaturated/α-hetero) is 2. The molecule has 0 saturated carbocycles. The van der Waals surface area contributed by atoms with Gasteiger partial charge in [-0.25, -0.2) is 0 Å². The van der Waals surface area contributed by atoms with Crippen molar-refractivity contribution in [3.05, 3.63) is 0 Å². The zero-order chi connectivity index (χ0) is 20.3. The Balaban J connectivity index is 5.05. The van der Waals surface area contributed by atoms with Crippen molar-refractivity contribution in [2.45, 2.75) is 90.1 Å². The van der Waals surface area contributed by atoms with Gasteiger partial charge in [0.1, 0.15) is 18.2 Å². The monoisotopic (exact) mass is 360 g/mol. The zero-order valence-corrected chi connectivity index (χ0v) is 16.9. The molecule has 0 radical (unpaired) electrons. The van der Waals surface area contributed by atoms with E-state index in [0.717, 1.165) is 0 Å². The average Bonchev–Trinajstić information content (AvgIpc) is 2.41. The Labute approximate surface area is 151 Å². The molecule has 0 aromatic carbocycles. The molecule has 0 fully saturated rings. The lowest BCUT2D eigenvalue weighted by Crippen LogP contribution is -2.65. The van der Waals surface area contributed by atoms with E-state index in [1.54, 1.807) is 27.7 Å². The number of rotatable bonds is 11. The Kier molecular flexibility index (Phi) is 7.94. The van der Waals surface area contributed by atoms with Gasteiger partial charge in [0.25, 0.3) is 0 Å². The topological polar surface area (TPSA) is 122 Å². The highest BCUT2D eigenvalue weighted by Crippen LogP contribution is 2.26. The van der Waals surface area contributed by atoms with Crippen LogP contribution in [0.2, 0.25) is 0 Å². The summed E-state index contributed by atoms with van der Waals surface area (Å²) in [6.45, 7) is 13.2. The van der Waals surface area contributed by atoms with E-state index in [-0.39, 0.29) is 19.0 Å². The van der Waals surface area contributed by atoms with Gasteiger partial charge >= 0.3 is 0 Å². The minimum atomic E-state index is -1.45. The summed E-state index contributed by atoms with van der Waals surface area (Å²) < 4.78 is 5.69. The van der Waals surface area contributed by atoms with Crippen LogP contribution in [0.1, 0.15) is 61.8 Å². The normalized spacial score (nSPS) is 17.1. The van der Waals surface area contributed by atoms with Crippen LogP contribution in [0.4, 0.5) is 0 Å². The smallest absolute Gasteiger partial charge is 0.183 e. The maximum atomic E-state index is 12.6. The van der Waals surface area contributed by atoms with Gasteiger partial charge in [-0.3, -0.25) is 9.59 Å². The van der Waals surface area contributed by atoms with E-state index in [4.69, 9.17) is 15.6 Å². The Morgan fingerprint density at radius 1 is 1.12 bits per heavy atom. The van der Waals surface area contributed by atoms with E-state index >= 15 is 0 Å². The van der Waals surface area contributed by atoms with E-state index in [0.29, 0.717) is 6.42 Å². The fourth-order valence-corrected chi connectivity index (χ4v) is 2.56. The third-order valence-electron chi connectivity index (χ3n) is 4.79. The van der Waals surface area contributed by atoms with E-state index in [1.807, 2.05) is 13.8 Å². The largest absolute Gasteiger partial charge is 0.396 e. The summed E-state index contributed by atoms with van der Waals surface area (Å²) in [4.78, 5) is 24.7. The van der Waals surface area contributed by atoms with Crippen molar-refractivity contribution in [2.24, 2.45) is 5.73 Å². The molecule has 0 bridgehead atoms. The Hall–Kier alpha value is -0.860. The fourth-order valence-electron chi connectivity index (χ4n) is 2.56. The van der Waals surface area contributed by atoms with Crippen LogP contribution in [-0.2, 0) is 14.3 Å². The second-order valence-electron chi connectivity index (χ2n) is 8.57. The van der Waals surface area contributed by atoms with Crippen LogP contribution in [0.3, 0.4) is 0 Å². The molecule has 0 amide bonds. The van der Waals surface area contributed by atoms with E-state index < -0.39 is 34.1 Å². The van der Waals surface area contributed by atoms with E-state index in [1.165, 1.54) is 13.8 Å².